The molecule has 19 heavy (non-hydrogen) atoms. The van der Waals surface area contributed by atoms with E-state index in [1.807, 2.05) is 0 Å². The third-order valence-corrected chi connectivity index (χ3v) is 4.25. The first-order chi connectivity index (χ1) is 9.35. The molecule has 1 aliphatic rings. The quantitative estimate of drug-likeness (QED) is 0.552. The zero-order valence-electron chi connectivity index (χ0n) is 12.4. The number of fused-ring (bicyclic) bond motifs is 1. The molecule has 0 bridgehead atoms. The van der Waals surface area contributed by atoms with E-state index in [0.29, 0.717) is 5.92 Å². The predicted molar refractivity (Wildman–Crippen MR) is 84.5 cm³/mol. The molecule has 1 heterocycles. The fourth-order valence-corrected chi connectivity index (χ4v) is 3.08. The number of para-hydroxylation sites is 1. The van der Waals surface area contributed by atoms with E-state index in [2.05, 4.69) is 49.3 Å². The van der Waals surface area contributed by atoms with Gasteiger partial charge in [0.1, 0.15) is 0 Å². The maximum absolute atomic E-state index is 4.57. The lowest BCUT2D eigenvalue weighted by atomic mass is 9.85. The number of unbranched alkanes of at least 4 members (excludes halogenated alkanes) is 2. The van der Waals surface area contributed by atoms with Crippen LogP contribution in [0.2, 0.25) is 0 Å². The Morgan fingerprint density at radius 2 is 1.74 bits per heavy atom. The van der Waals surface area contributed by atoms with Crippen molar-refractivity contribution in [2.24, 2.45) is 10.9 Å². The maximum atomic E-state index is 4.57. The molecule has 0 N–H and O–H groups in total. The average Bonchev–Trinajstić information content (AvgIpc) is 2.85. The van der Waals surface area contributed by atoms with Crippen molar-refractivity contribution in [3.05, 3.63) is 29.8 Å². The molecule has 0 amide bonds. The summed E-state index contributed by atoms with van der Waals surface area (Å²) in [5.41, 5.74) is 2.64. The summed E-state index contributed by atoms with van der Waals surface area (Å²) < 4.78 is 0. The first-order valence-electron chi connectivity index (χ1n) is 7.98. The van der Waals surface area contributed by atoms with Crippen LogP contribution in [0.1, 0.15) is 70.3 Å². The smallest absolute Gasteiger partial charge is 0.0664 e. The van der Waals surface area contributed by atoms with Gasteiger partial charge < -0.3 is 0 Å². The van der Waals surface area contributed by atoms with Crippen LogP contribution in [0.25, 0.3) is 0 Å². The number of benzene rings is 1. The number of rotatable bonds is 8. The average molecular weight is 257 g/mol. The number of aliphatic imine (C=N–C) groups is 1. The van der Waals surface area contributed by atoms with E-state index in [1.54, 1.807) is 0 Å². The zero-order chi connectivity index (χ0) is 13.5. The molecule has 1 aromatic carbocycles. The molecule has 0 radical (unpaired) electrons. The van der Waals surface area contributed by atoms with Crippen molar-refractivity contribution in [3.8, 4) is 0 Å². The molecule has 0 saturated carbocycles. The minimum Gasteiger partial charge on any atom is -0.260 e. The van der Waals surface area contributed by atoms with E-state index in [0.717, 1.165) is 5.92 Å². The lowest BCUT2D eigenvalue weighted by Gasteiger charge is -2.20. The van der Waals surface area contributed by atoms with E-state index in [4.69, 9.17) is 0 Å². The van der Waals surface area contributed by atoms with Crippen molar-refractivity contribution in [1.29, 1.82) is 0 Å². The van der Waals surface area contributed by atoms with Crippen LogP contribution in [-0.4, -0.2) is 6.21 Å². The molecular weight excluding hydrogens is 230 g/mol. The summed E-state index contributed by atoms with van der Waals surface area (Å²) >= 11 is 0. The van der Waals surface area contributed by atoms with Crippen LogP contribution in [0.15, 0.2) is 29.3 Å². The van der Waals surface area contributed by atoms with Gasteiger partial charge in [0.05, 0.1) is 5.69 Å². The Labute approximate surface area is 118 Å². The zero-order valence-corrected chi connectivity index (χ0v) is 12.4. The number of nitrogens with zero attached hydrogens (tertiary/aromatic N) is 1. The Hall–Kier alpha value is -1.11. The van der Waals surface area contributed by atoms with Crippen LogP contribution < -0.4 is 0 Å². The normalized spacial score (nSPS) is 17.1. The Kier molecular flexibility index (Phi) is 5.62. The molecule has 2 rings (SSSR count). The predicted octanol–water partition coefficient (Wildman–Crippen LogP) is 5.87. The van der Waals surface area contributed by atoms with Gasteiger partial charge in [0.2, 0.25) is 0 Å². The van der Waals surface area contributed by atoms with Gasteiger partial charge in [-0.3, -0.25) is 4.99 Å². The summed E-state index contributed by atoms with van der Waals surface area (Å²) in [6.07, 6.45) is 11.6. The van der Waals surface area contributed by atoms with Gasteiger partial charge in [-0.2, -0.15) is 0 Å². The van der Waals surface area contributed by atoms with Crippen molar-refractivity contribution >= 4 is 11.9 Å². The highest BCUT2D eigenvalue weighted by Crippen LogP contribution is 2.37. The van der Waals surface area contributed by atoms with Crippen molar-refractivity contribution < 1.29 is 0 Å². The molecule has 1 atom stereocenters. The summed E-state index contributed by atoms with van der Waals surface area (Å²) in [4.78, 5) is 4.57. The van der Waals surface area contributed by atoms with E-state index < -0.39 is 0 Å². The van der Waals surface area contributed by atoms with Crippen LogP contribution >= 0.6 is 0 Å². The van der Waals surface area contributed by atoms with Crippen molar-refractivity contribution in [3.63, 3.8) is 0 Å². The van der Waals surface area contributed by atoms with Gasteiger partial charge in [-0.25, -0.2) is 0 Å². The molecule has 1 unspecified atom stereocenters. The topological polar surface area (TPSA) is 12.4 Å². The van der Waals surface area contributed by atoms with Crippen LogP contribution in [0.3, 0.4) is 0 Å². The minimum atomic E-state index is 0.565. The van der Waals surface area contributed by atoms with E-state index in [9.17, 15) is 0 Å². The van der Waals surface area contributed by atoms with Gasteiger partial charge in [-0.15, -0.1) is 0 Å². The van der Waals surface area contributed by atoms with Gasteiger partial charge in [-0.05, 0) is 24.0 Å². The molecule has 0 fully saturated rings. The summed E-state index contributed by atoms with van der Waals surface area (Å²) in [7, 11) is 0. The third-order valence-electron chi connectivity index (χ3n) is 4.25. The highest BCUT2D eigenvalue weighted by Gasteiger charge is 2.21. The molecule has 104 valence electrons. The second-order valence-corrected chi connectivity index (χ2v) is 5.83. The van der Waals surface area contributed by atoms with Gasteiger partial charge in [-0.1, -0.05) is 70.6 Å². The van der Waals surface area contributed by atoms with Gasteiger partial charge >= 0.3 is 0 Å². The van der Waals surface area contributed by atoms with E-state index >= 15 is 0 Å². The fraction of sp³-hybridized carbons (Fsp3) is 0.611. The molecule has 1 nitrogen and oxygen atoms in total. The second-order valence-electron chi connectivity index (χ2n) is 5.83. The Morgan fingerprint density at radius 1 is 1.05 bits per heavy atom. The van der Waals surface area contributed by atoms with Gasteiger partial charge in [0.25, 0.3) is 0 Å². The van der Waals surface area contributed by atoms with Crippen LogP contribution in [0.4, 0.5) is 5.69 Å². The molecule has 0 aliphatic carbocycles. The van der Waals surface area contributed by atoms with E-state index in [1.165, 1.54) is 56.2 Å². The second kappa shape index (κ2) is 7.47. The molecular formula is C18H27N. The number of hydrogen-bond acceptors (Lipinski definition) is 1. The lowest BCUT2D eigenvalue weighted by Crippen LogP contribution is -2.07. The number of hydrogen-bond donors (Lipinski definition) is 0. The molecule has 1 heteroatoms. The first kappa shape index (κ1) is 14.3. The molecule has 1 aliphatic heterocycles. The molecule has 0 saturated heterocycles. The molecule has 0 aromatic heterocycles. The fourth-order valence-electron chi connectivity index (χ4n) is 3.08. The van der Waals surface area contributed by atoms with Crippen molar-refractivity contribution in [2.45, 2.75) is 64.7 Å². The Bertz CT molecular complexity index is 400. The van der Waals surface area contributed by atoms with Crippen molar-refractivity contribution in [2.75, 3.05) is 0 Å². The molecule has 0 spiro atoms. The summed E-state index contributed by atoms with van der Waals surface area (Å²) in [6, 6.07) is 8.63. The van der Waals surface area contributed by atoms with E-state index in [-0.39, 0.29) is 0 Å². The Morgan fingerprint density at radius 3 is 2.42 bits per heavy atom. The Balaban J connectivity index is 1.95. The van der Waals surface area contributed by atoms with Crippen LogP contribution in [-0.2, 0) is 0 Å². The first-order valence-corrected chi connectivity index (χ1v) is 7.98. The SMILES string of the molecule is CCCCC(CCCC)CC1C=Nc2ccccc21. The van der Waals surface area contributed by atoms with Crippen molar-refractivity contribution in [1.82, 2.24) is 0 Å². The molecule has 1 aromatic rings. The highest BCUT2D eigenvalue weighted by molar-refractivity contribution is 5.80. The van der Waals surface area contributed by atoms with Gasteiger partial charge in [0.15, 0.2) is 0 Å². The monoisotopic (exact) mass is 257 g/mol. The minimum absolute atomic E-state index is 0.565. The lowest BCUT2D eigenvalue weighted by molar-refractivity contribution is 0.388. The highest BCUT2D eigenvalue weighted by atomic mass is 14.8. The summed E-state index contributed by atoms with van der Waals surface area (Å²) in [5.74, 6) is 1.44. The van der Waals surface area contributed by atoms with Crippen LogP contribution in [0, 0.1) is 5.92 Å². The standard InChI is InChI=1S/C18H27N/c1-3-5-9-15(10-6-4-2)13-16-14-19-18-12-8-7-11-17(16)18/h7-8,11-12,14-16H,3-6,9-10,13H2,1-2H3. The summed E-state index contributed by atoms with van der Waals surface area (Å²) in [6.45, 7) is 4.59. The van der Waals surface area contributed by atoms with Gasteiger partial charge in [0, 0.05) is 12.1 Å². The largest absolute Gasteiger partial charge is 0.260 e. The third kappa shape index (κ3) is 3.92. The van der Waals surface area contributed by atoms with Crippen LogP contribution in [0.5, 0.6) is 0 Å². The maximum Gasteiger partial charge on any atom is 0.0664 e. The summed E-state index contributed by atoms with van der Waals surface area (Å²) in [5, 5.41) is 0.